The largest absolute Gasteiger partial charge is 0.309 e. The summed E-state index contributed by atoms with van der Waals surface area (Å²) in [5, 5.41) is 0. The zero-order chi connectivity index (χ0) is 18.0. The Kier molecular flexibility index (Phi) is 4.83. The Morgan fingerprint density at radius 2 is 1.84 bits per heavy atom. The molecular weight excluding hydrogens is 319 g/mol. The van der Waals surface area contributed by atoms with Crippen LogP contribution in [0.4, 0.5) is 15.8 Å². The highest BCUT2D eigenvalue weighted by molar-refractivity contribution is 5.98. The first-order valence-corrected chi connectivity index (χ1v) is 8.41. The van der Waals surface area contributed by atoms with Gasteiger partial charge in [0.05, 0.1) is 5.69 Å². The Morgan fingerprint density at radius 1 is 1.16 bits per heavy atom. The second kappa shape index (κ2) is 7.05. The SMILES string of the molecule is CC(=O)N(CCC(=O)N1c2ccccc2CC1C)c1ccccc1F. The molecule has 1 atom stereocenters. The molecule has 2 amide bonds. The fourth-order valence-electron chi connectivity index (χ4n) is 3.39. The topological polar surface area (TPSA) is 40.6 Å². The Morgan fingerprint density at radius 3 is 2.56 bits per heavy atom. The van der Waals surface area contributed by atoms with Crippen LogP contribution in [0.2, 0.25) is 0 Å². The summed E-state index contributed by atoms with van der Waals surface area (Å²) in [5.74, 6) is -0.808. The molecule has 2 aromatic rings. The van der Waals surface area contributed by atoms with Gasteiger partial charge in [-0.2, -0.15) is 0 Å². The maximum atomic E-state index is 14.0. The number of carbonyl (C=O) groups excluding carboxylic acids is 2. The van der Waals surface area contributed by atoms with Crippen LogP contribution >= 0.6 is 0 Å². The van der Waals surface area contributed by atoms with Gasteiger partial charge in [0, 0.05) is 31.6 Å². The van der Waals surface area contributed by atoms with Crippen LogP contribution in [0.15, 0.2) is 48.5 Å². The van der Waals surface area contributed by atoms with Crippen molar-refractivity contribution in [2.24, 2.45) is 0 Å². The Bertz CT molecular complexity index is 806. The van der Waals surface area contributed by atoms with Crippen molar-refractivity contribution in [3.63, 3.8) is 0 Å². The summed E-state index contributed by atoms with van der Waals surface area (Å²) in [7, 11) is 0. The number of rotatable bonds is 4. The summed E-state index contributed by atoms with van der Waals surface area (Å²) < 4.78 is 14.0. The molecule has 1 heterocycles. The quantitative estimate of drug-likeness (QED) is 0.854. The molecule has 0 aromatic heterocycles. The van der Waals surface area contributed by atoms with Gasteiger partial charge in [0.2, 0.25) is 11.8 Å². The first kappa shape index (κ1) is 17.1. The number of para-hydroxylation sites is 2. The molecule has 0 spiro atoms. The average Bonchev–Trinajstić information content (AvgIpc) is 2.92. The number of fused-ring (bicyclic) bond motifs is 1. The number of halogens is 1. The standard InChI is InChI=1S/C20H21FN2O2/c1-14-13-16-7-3-5-9-18(16)23(14)20(25)11-12-22(15(2)24)19-10-6-4-8-17(19)21/h3-10,14H,11-13H2,1-2H3. The fourth-order valence-corrected chi connectivity index (χ4v) is 3.39. The van der Waals surface area contributed by atoms with E-state index in [9.17, 15) is 14.0 Å². The number of anilines is 2. The van der Waals surface area contributed by atoms with E-state index in [2.05, 4.69) is 0 Å². The van der Waals surface area contributed by atoms with Crippen molar-refractivity contribution in [2.45, 2.75) is 32.7 Å². The van der Waals surface area contributed by atoms with Crippen molar-refractivity contribution in [1.29, 1.82) is 0 Å². The molecule has 130 valence electrons. The highest BCUT2D eigenvalue weighted by atomic mass is 19.1. The van der Waals surface area contributed by atoms with Crippen LogP contribution in [-0.2, 0) is 16.0 Å². The van der Waals surface area contributed by atoms with E-state index in [1.165, 1.54) is 17.9 Å². The minimum atomic E-state index is -0.468. The van der Waals surface area contributed by atoms with Crippen LogP contribution in [0.25, 0.3) is 0 Å². The van der Waals surface area contributed by atoms with Crippen LogP contribution in [0, 0.1) is 5.82 Å². The number of nitrogens with zero attached hydrogens (tertiary/aromatic N) is 2. The molecule has 4 nitrogen and oxygen atoms in total. The molecule has 1 aliphatic rings. The summed E-state index contributed by atoms with van der Waals surface area (Å²) in [5.41, 5.74) is 2.29. The second-order valence-electron chi connectivity index (χ2n) is 6.32. The molecule has 0 aliphatic carbocycles. The van der Waals surface area contributed by atoms with Crippen molar-refractivity contribution in [2.75, 3.05) is 16.3 Å². The zero-order valence-corrected chi connectivity index (χ0v) is 14.4. The number of amides is 2. The van der Waals surface area contributed by atoms with E-state index in [1.807, 2.05) is 31.2 Å². The first-order chi connectivity index (χ1) is 12.0. The van der Waals surface area contributed by atoms with Gasteiger partial charge in [-0.3, -0.25) is 9.59 Å². The van der Waals surface area contributed by atoms with Gasteiger partial charge in [-0.1, -0.05) is 30.3 Å². The number of carbonyl (C=O) groups is 2. The van der Waals surface area contributed by atoms with Gasteiger partial charge in [0.1, 0.15) is 5.82 Å². The molecular formula is C20H21FN2O2. The van der Waals surface area contributed by atoms with Crippen molar-refractivity contribution in [3.05, 3.63) is 59.9 Å². The highest BCUT2D eigenvalue weighted by Crippen LogP contribution is 2.32. The maximum Gasteiger partial charge on any atom is 0.229 e. The molecule has 2 aromatic carbocycles. The van der Waals surface area contributed by atoms with Gasteiger partial charge in [0.25, 0.3) is 0 Å². The van der Waals surface area contributed by atoms with Gasteiger partial charge in [-0.25, -0.2) is 4.39 Å². The van der Waals surface area contributed by atoms with Crippen molar-refractivity contribution in [3.8, 4) is 0 Å². The van der Waals surface area contributed by atoms with E-state index in [0.717, 1.165) is 17.7 Å². The van der Waals surface area contributed by atoms with Crippen LogP contribution in [0.5, 0.6) is 0 Å². The van der Waals surface area contributed by atoms with Crippen molar-refractivity contribution in [1.82, 2.24) is 0 Å². The fraction of sp³-hybridized carbons (Fsp3) is 0.300. The predicted molar refractivity (Wildman–Crippen MR) is 96.1 cm³/mol. The molecule has 0 N–H and O–H groups in total. The summed E-state index contributed by atoms with van der Waals surface area (Å²) in [6.07, 6.45) is 0.970. The van der Waals surface area contributed by atoms with E-state index in [0.29, 0.717) is 0 Å². The third-order valence-electron chi connectivity index (χ3n) is 4.55. The van der Waals surface area contributed by atoms with Crippen LogP contribution < -0.4 is 9.80 Å². The van der Waals surface area contributed by atoms with Crippen LogP contribution in [-0.4, -0.2) is 24.4 Å². The summed E-state index contributed by atoms with van der Waals surface area (Å²) in [4.78, 5) is 27.8. The van der Waals surface area contributed by atoms with Gasteiger partial charge >= 0.3 is 0 Å². The van der Waals surface area contributed by atoms with E-state index in [-0.39, 0.29) is 36.5 Å². The Balaban J connectivity index is 1.75. The predicted octanol–water partition coefficient (Wildman–Crippen LogP) is 3.55. The lowest BCUT2D eigenvalue weighted by atomic mass is 10.1. The maximum absolute atomic E-state index is 14.0. The monoisotopic (exact) mass is 340 g/mol. The lowest BCUT2D eigenvalue weighted by molar-refractivity contribution is -0.119. The van der Waals surface area contributed by atoms with E-state index < -0.39 is 5.82 Å². The molecule has 0 saturated carbocycles. The number of hydrogen-bond acceptors (Lipinski definition) is 2. The van der Waals surface area contributed by atoms with E-state index in [1.54, 1.807) is 23.1 Å². The normalized spacial score (nSPS) is 15.8. The molecule has 0 saturated heterocycles. The molecule has 1 aliphatic heterocycles. The van der Waals surface area contributed by atoms with Crippen molar-refractivity contribution < 1.29 is 14.0 Å². The molecule has 0 fully saturated rings. The molecule has 5 heteroatoms. The Hall–Kier alpha value is -2.69. The van der Waals surface area contributed by atoms with Gasteiger partial charge in [0.15, 0.2) is 0 Å². The molecule has 0 radical (unpaired) electrons. The highest BCUT2D eigenvalue weighted by Gasteiger charge is 2.30. The summed E-state index contributed by atoms with van der Waals surface area (Å²) >= 11 is 0. The summed E-state index contributed by atoms with van der Waals surface area (Å²) in [6.45, 7) is 3.54. The smallest absolute Gasteiger partial charge is 0.229 e. The molecule has 1 unspecified atom stereocenters. The minimum absolute atomic E-state index is 0.0555. The van der Waals surface area contributed by atoms with Crippen molar-refractivity contribution >= 4 is 23.2 Å². The van der Waals surface area contributed by atoms with Gasteiger partial charge in [-0.05, 0) is 37.1 Å². The Labute approximate surface area is 146 Å². The van der Waals surface area contributed by atoms with Gasteiger partial charge < -0.3 is 9.80 Å². The first-order valence-electron chi connectivity index (χ1n) is 8.41. The lowest BCUT2D eigenvalue weighted by Crippen LogP contribution is -2.39. The molecule has 25 heavy (non-hydrogen) atoms. The van der Waals surface area contributed by atoms with Gasteiger partial charge in [-0.15, -0.1) is 0 Å². The lowest BCUT2D eigenvalue weighted by Gasteiger charge is -2.26. The van der Waals surface area contributed by atoms with E-state index >= 15 is 0 Å². The zero-order valence-electron chi connectivity index (χ0n) is 14.4. The number of hydrogen-bond donors (Lipinski definition) is 0. The summed E-state index contributed by atoms with van der Waals surface area (Å²) in [6, 6.07) is 14.1. The molecule has 3 rings (SSSR count). The number of benzene rings is 2. The van der Waals surface area contributed by atoms with Crippen LogP contribution in [0.3, 0.4) is 0 Å². The minimum Gasteiger partial charge on any atom is -0.309 e. The third kappa shape index (κ3) is 3.40. The average molecular weight is 340 g/mol. The van der Waals surface area contributed by atoms with Crippen LogP contribution in [0.1, 0.15) is 25.8 Å². The van der Waals surface area contributed by atoms with E-state index in [4.69, 9.17) is 0 Å². The second-order valence-corrected chi connectivity index (χ2v) is 6.32. The third-order valence-corrected chi connectivity index (χ3v) is 4.55. The molecule has 0 bridgehead atoms.